The first-order valence-corrected chi connectivity index (χ1v) is 4.81. The van der Waals surface area contributed by atoms with Crippen molar-refractivity contribution in [2.24, 2.45) is 0 Å². The molecule has 0 aromatic heterocycles. The van der Waals surface area contributed by atoms with E-state index in [1.54, 1.807) is 0 Å². The number of rotatable bonds is 0. The average molecular weight is 205 g/mol. The summed E-state index contributed by atoms with van der Waals surface area (Å²) in [5.74, 6) is 0. The van der Waals surface area contributed by atoms with Gasteiger partial charge in [0.15, 0.2) is 0 Å². The van der Waals surface area contributed by atoms with Crippen molar-refractivity contribution in [3.63, 3.8) is 0 Å². The van der Waals surface area contributed by atoms with Crippen molar-refractivity contribution >= 4 is 44.6 Å². The fraction of sp³-hybridized carbons (Fsp3) is 0. The minimum absolute atomic E-state index is 0. The van der Waals surface area contributed by atoms with Crippen LogP contribution >= 0.6 is 0 Å². The second kappa shape index (κ2) is 4.21. The number of benzene rings is 3. The number of hydrogen-bond acceptors (Lipinski definition) is 0. The van der Waals surface area contributed by atoms with Gasteiger partial charge in [-0.05, 0) is 33.7 Å². The quantitative estimate of drug-likeness (QED) is 0.386. The Morgan fingerprint density at radius 3 is 1.07 bits per heavy atom. The molecule has 0 nitrogen and oxygen atoms in total. The Labute approximate surface area is 108 Å². The SMILES string of the molecule is [H-].[H-].[Mg+2].c1ccc2cc3ccccc3cc2c1. The van der Waals surface area contributed by atoms with Crippen LogP contribution in [0.4, 0.5) is 0 Å². The summed E-state index contributed by atoms with van der Waals surface area (Å²) in [6, 6.07) is 21.4. The molecular weight excluding hydrogens is 192 g/mol. The van der Waals surface area contributed by atoms with Gasteiger partial charge in [0.05, 0.1) is 0 Å². The van der Waals surface area contributed by atoms with Crippen LogP contribution in [0.3, 0.4) is 0 Å². The van der Waals surface area contributed by atoms with Gasteiger partial charge in [0, 0.05) is 0 Å². The van der Waals surface area contributed by atoms with E-state index in [2.05, 4.69) is 60.7 Å². The van der Waals surface area contributed by atoms with Gasteiger partial charge in [-0.3, -0.25) is 0 Å². The van der Waals surface area contributed by atoms with Crippen molar-refractivity contribution in [3.8, 4) is 0 Å². The maximum absolute atomic E-state index is 2.24. The molecule has 0 unspecified atom stereocenters. The van der Waals surface area contributed by atoms with Gasteiger partial charge in [-0.1, -0.05) is 48.5 Å². The smallest absolute Gasteiger partial charge is 1.00 e. The third-order valence-electron chi connectivity index (χ3n) is 2.61. The molecule has 0 heterocycles. The zero-order chi connectivity index (χ0) is 9.38. The van der Waals surface area contributed by atoms with Gasteiger partial charge < -0.3 is 2.85 Å². The van der Waals surface area contributed by atoms with Crippen LogP contribution < -0.4 is 0 Å². The van der Waals surface area contributed by atoms with E-state index in [0.29, 0.717) is 0 Å². The summed E-state index contributed by atoms with van der Waals surface area (Å²) in [6.45, 7) is 0. The molecule has 1 heteroatoms. The zero-order valence-electron chi connectivity index (χ0n) is 10.5. The van der Waals surface area contributed by atoms with Crippen LogP contribution in [0.15, 0.2) is 60.7 Å². The molecule has 0 aliphatic heterocycles. The second-order valence-corrected chi connectivity index (χ2v) is 3.55. The first-order valence-electron chi connectivity index (χ1n) is 4.81. The largest absolute Gasteiger partial charge is 2.00 e. The summed E-state index contributed by atoms with van der Waals surface area (Å²) in [7, 11) is 0. The van der Waals surface area contributed by atoms with Crippen molar-refractivity contribution in [1.82, 2.24) is 0 Å². The maximum Gasteiger partial charge on any atom is 2.00 e. The van der Waals surface area contributed by atoms with E-state index in [0.717, 1.165) is 0 Å². The van der Waals surface area contributed by atoms with Crippen molar-refractivity contribution in [2.45, 2.75) is 0 Å². The molecule has 0 amide bonds. The van der Waals surface area contributed by atoms with Gasteiger partial charge in [-0.2, -0.15) is 0 Å². The Bertz CT molecular complexity index is 503. The molecule has 3 aromatic carbocycles. The third kappa shape index (κ3) is 1.85. The van der Waals surface area contributed by atoms with Crippen LogP contribution in [-0.2, 0) is 0 Å². The van der Waals surface area contributed by atoms with Crippen LogP contribution in [-0.4, -0.2) is 23.1 Å². The Balaban J connectivity index is 0.000000853. The van der Waals surface area contributed by atoms with Gasteiger partial charge in [0.1, 0.15) is 0 Å². The van der Waals surface area contributed by atoms with Crippen LogP contribution in [0, 0.1) is 0 Å². The minimum atomic E-state index is 0. The molecule has 70 valence electrons. The first-order chi connectivity index (χ1) is 6.93. The summed E-state index contributed by atoms with van der Waals surface area (Å²) in [5.41, 5.74) is 0. The molecule has 0 spiro atoms. The number of fused-ring (bicyclic) bond motifs is 2. The summed E-state index contributed by atoms with van der Waals surface area (Å²) in [6.07, 6.45) is 0. The van der Waals surface area contributed by atoms with Crippen LogP contribution in [0.1, 0.15) is 2.85 Å². The normalized spacial score (nSPS) is 10.1. The van der Waals surface area contributed by atoms with Crippen LogP contribution in [0.5, 0.6) is 0 Å². The summed E-state index contributed by atoms with van der Waals surface area (Å²) < 4.78 is 0. The molecule has 0 atom stereocenters. The zero-order valence-corrected chi connectivity index (χ0v) is 9.89. The minimum Gasteiger partial charge on any atom is -1.00 e. The Kier molecular flexibility index (Phi) is 2.94. The summed E-state index contributed by atoms with van der Waals surface area (Å²) in [4.78, 5) is 0. The molecule has 0 radical (unpaired) electrons. The van der Waals surface area contributed by atoms with Gasteiger partial charge in [-0.15, -0.1) is 0 Å². The van der Waals surface area contributed by atoms with E-state index in [1.165, 1.54) is 21.5 Å². The van der Waals surface area contributed by atoms with E-state index < -0.39 is 0 Å². The van der Waals surface area contributed by atoms with E-state index in [9.17, 15) is 0 Å². The monoisotopic (exact) mass is 204 g/mol. The van der Waals surface area contributed by atoms with Crippen molar-refractivity contribution in [2.75, 3.05) is 0 Å². The molecule has 0 aliphatic rings. The van der Waals surface area contributed by atoms with Crippen molar-refractivity contribution in [3.05, 3.63) is 60.7 Å². The van der Waals surface area contributed by atoms with E-state index in [-0.39, 0.29) is 25.9 Å². The first kappa shape index (κ1) is 10.5. The molecule has 0 aliphatic carbocycles. The maximum atomic E-state index is 2.24. The van der Waals surface area contributed by atoms with Gasteiger partial charge in [0.2, 0.25) is 0 Å². The molecule has 3 aromatic rings. The number of hydrogen-bond donors (Lipinski definition) is 0. The summed E-state index contributed by atoms with van der Waals surface area (Å²) >= 11 is 0. The predicted octanol–water partition coefficient (Wildman–Crippen LogP) is 3.84. The van der Waals surface area contributed by atoms with E-state index >= 15 is 0 Å². The molecule has 0 N–H and O–H groups in total. The second-order valence-electron chi connectivity index (χ2n) is 3.55. The van der Waals surface area contributed by atoms with Crippen molar-refractivity contribution < 1.29 is 2.85 Å². The topological polar surface area (TPSA) is 0 Å². The van der Waals surface area contributed by atoms with Crippen LogP contribution in [0.2, 0.25) is 0 Å². The molecule has 0 saturated carbocycles. The predicted molar refractivity (Wildman–Crippen MR) is 69.4 cm³/mol. The van der Waals surface area contributed by atoms with E-state index in [4.69, 9.17) is 0 Å². The molecule has 3 rings (SSSR count). The molecule has 0 saturated heterocycles. The molecule has 0 fully saturated rings. The summed E-state index contributed by atoms with van der Waals surface area (Å²) in [5, 5.41) is 5.25. The molecule has 15 heavy (non-hydrogen) atoms. The van der Waals surface area contributed by atoms with Crippen LogP contribution in [0.25, 0.3) is 21.5 Å². The van der Waals surface area contributed by atoms with Gasteiger partial charge in [-0.25, -0.2) is 0 Å². The van der Waals surface area contributed by atoms with E-state index in [1.807, 2.05) is 0 Å². The molecular formula is C14H12Mg. The average Bonchev–Trinajstić information content (AvgIpc) is 2.26. The fourth-order valence-corrected chi connectivity index (χ4v) is 1.88. The standard InChI is InChI=1S/C14H10.Mg.2H/c1-2-6-12-10-14-8-4-3-7-13(14)9-11(12)5-1;;;/h1-10H;;;/q;+2;2*-1. The van der Waals surface area contributed by atoms with Gasteiger partial charge in [0.25, 0.3) is 0 Å². The van der Waals surface area contributed by atoms with Crippen molar-refractivity contribution in [1.29, 1.82) is 0 Å². The third-order valence-corrected chi connectivity index (χ3v) is 2.61. The fourth-order valence-electron chi connectivity index (χ4n) is 1.88. The van der Waals surface area contributed by atoms with Gasteiger partial charge >= 0.3 is 23.1 Å². The Morgan fingerprint density at radius 1 is 0.533 bits per heavy atom. The Hall–Kier alpha value is -1.05. The Morgan fingerprint density at radius 2 is 0.800 bits per heavy atom. The molecule has 0 bridgehead atoms.